The van der Waals surface area contributed by atoms with Gasteiger partial charge in [-0.1, -0.05) is 6.08 Å². The first-order valence-corrected chi connectivity index (χ1v) is 17.7. The molecule has 2 aromatic carbocycles. The van der Waals surface area contributed by atoms with E-state index in [1.807, 2.05) is 17.5 Å². The largest absolute Gasteiger partial charge is 0.490 e. The molecule has 0 saturated carbocycles. The van der Waals surface area contributed by atoms with Crippen LogP contribution in [0.1, 0.15) is 24.2 Å². The van der Waals surface area contributed by atoms with Crippen molar-refractivity contribution < 1.29 is 36.6 Å². The van der Waals surface area contributed by atoms with Crippen LogP contribution in [0, 0.1) is 17.0 Å². The van der Waals surface area contributed by atoms with E-state index in [1.165, 1.54) is 22.5 Å². The quantitative estimate of drug-likeness (QED) is 0.0815. The second-order valence-electron chi connectivity index (χ2n) is 12.2. The second-order valence-corrected chi connectivity index (χ2v) is 13.1. The standard InChI is InChI=1S/C38H34F4N6O4S/c1-21-29-18-28(46-48(29)9-8-47(21)33(49)6-5-32(41)42)37-35-34-26(40)16-23(39)17-31(34)52-13-12-50-10-3-4-11-51-30-19-27(44-2)22(20-43)15-25(30)36(45-37)24-7-14-53-38(24)35/h3-7,14-21,32,43-44H,8-13H2,1-2H3/b4-3+,6-5+,43-20?. The molecule has 0 aliphatic carbocycles. The number of anilines is 1. The van der Waals surface area contributed by atoms with Crippen molar-refractivity contribution >= 4 is 39.2 Å². The fraction of sp³-hybridized carbons (Fsp3) is 0.263. The summed E-state index contributed by atoms with van der Waals surface area (Å²) < 4.78 is 77.2. The Balaban J connectivity index is 1.51. The average Bonchev–Trinajstić information content (AvgIpc) is 3.81. The number of pyridine rings is 1. The highest BCUT2D eigenvalue weighted by Crippen LogP contribution is 2.49. The number of aromatic nitrogens is 3. The van der Waals surface area contributed by atoms with Crippen LogP contribution in [0.4, 0.5) is 23.2 Å². The van der Waals surface area contributed by atoms with Crippen molar-refractivity contribution in [3.05, 3.63) is 89.0 Å². The molecule has 5 aromatic rings. The van der Waals surface area contributed by atoms with Gasteiger partial charge in [-0.3, -0.25) is 9.48 Å². The number of amides is 1. The van der Waals surface area contributed by atoms with Crippen LogP contribution in [0.5, 0.6) is 11.5 Å². The van der Waals surface area contributed by atoms with Crippen molar-refractivity contribution in [3.63, 3.8) is 0 Å². The lowest BCUT2D eigenvalue weighted by atomic mass is 9.95. The maximum Gasteiger partial charge on any atom is 0.257 e. The lowest BCUT2D eigenvalue weighted by Gasteiger charge is -2.33. The summed E-state index contributed by atoms with van der Waals surface area (Å²) >= 11 is 1.33. The number of fused-ring (bicyclic) bond motifs is 11. The molecule has 5 heterocycles. The van der Waals surface area contributed by atoms with E-state index in [-0.39, 0.29) is 56.5 Å². The zero-order valence-corrected chi connectivity index (χ0v) is 29.5. The Bertz CT molecular complexity index is 2270. The lowest BCUT2D eigenvalue weighted by Crippen LogP contribution is -2.40. The van der Waals surface area contributed by atoms with Gasteiger partial charge in [0.2, 0.25) is 5.91 Å². The molecule has 0 saturated heterocycles. The number of ether oxygens (including phenoxy) is 3. The molecule has 2 N–H and O–H groups in total. The van der Waals surface area contributed by atoms with E-state index in [4.69, 9.17) is 29.7 Å². The van der Waals surface area contributed by atoms with E-state index in [1.54, 1.807) is 42.9 Å². The molecule has 3 aromatic heterocycles. The minimum absolute atomic E-state index is 0.000538. The summed E-state index contributed by atoms with van der Waals surface area (Å²) in [4.78, 5) is 19.6. The van der Waals surface area contributed by atoms with Gasteiger partial charge in [0, 0.05) is 76.5 Å². The number of alkyl halides is 2. The molecule has 274 valence electrons. The molecular formula is C38H34F4N6O4S. The Morgan fingerprint density at radius 1 is 1.04 bits per heavy atom. The van der Waals surface area contributed by atoms with Gasteiger partial charge in [-0.2, -0.15) is 5.10 Å². The third-order valence-corrected chi connectivity index (χ3v) is 10.0. The second kappa shape index (κ2) is 15.2. The fourth-order valence-corrected chi connectivity index (χ4v) is 7.55. The van der Waals surface area contributed by atoms with Crippen molar-refractivity contribution in [2.24, 2.45) is 0 Å². The van der Waals surface area contributed by atoms with Gasteiger partial charge in [-0.05, 0) is 42.7 Å². The predicted octanol–water partition coefficient (Wildman–Crippen LogP) is 7.88. The van der Waals surface area contributed by atoms with Gasteiger partial charge in [0.15, 0.2) is 0 Å². The van der Waals surface area contributed by atoms with Gasteiger partial charge in [-0.25, -0.2) is 22.5 Å². The molecule has 0 radical (unpaired) electrons. The minimum atomic E-state index is -2.77. The molecule has 0 fully saturated rings. The number of carbonyl (C=O) groups excluding carboxylic acids is 1. The van der Waals surface area contributed by atoms with Gasteiger partial charge < -0.3 is 29.8 Å². The van der Waals surface area contributed by atoms with Crippen LogP contribution in [0.2, 0.25) is 0 Å². The summed E-state index contributed by atoms with van der Waals surface area (Å²) in [5.41, 5.74) is 3.73. The monoisotopic (exact) mass is 746 g/mol. The SMILES string of the molecule is CNc1cc2c(cc1C=N)-c1nc(-c3cc4n(n3)CCN(C(=O)/C=C/C(F)F)C4C)c(c3sccc13)-c1c(F)cc(F)cc1OCCOC/C=C/CO2. The summed E-state index contributed by atoms with van der Waals surface area (Å²) in [5.74, 6) is -1.85. The molecule has 2 aliphatic rings. The first kappa shape index (κ1) is 35.8. The Hall–Kier alpha value is -5.54. The summed E-state index contributed by atoms with van der Waals surface area (Å²) in [6.07, 6.45) is 3.47. The normalized spacial score (nSPS) is 16.8. The van der Waals surface area contributed by atoms with Gasteiger partial charge in [-0.15, -0.1) is 11.3 Å². The Kier molecular flexibility index (Phi) is 10.3. The molecular weight excluding hydrogens is 713 g/mol. The third kappa shape index (κ3) is 7.01. The first-order valence-electron chi connectivity index (χ1n) is 16.8. The van der Waals surface area contributed by atoms with Crippen LogP contribution >= 0.6 is 11.3 Å². The highest BCUT2D eigenvalue weighted by atomic mass is 32.1. The van der Waals surface area contributed by atoms with Crippen molar-refractivity contribution in [1.82, 2.24) is 19.7 Å². The molecule has 1 amide bonds. The molecule has 1 atom stereocenters. The molecule has 2 bridgehead atoms. The smallest absolute Gasteiger partial charge is 0.257 e. The van der Waals surface area contributed by atoms with E-state index in [0.717, 1.165) is 18.2 Å². The highest BCUT2D eigenvalue weighted by Gasteiger charge is 2.32. The topological polar surface area (TPSA) is 115 Å². The van der Waals surface area contributed by atoms with Gasteiger partial charge in [0.05, 0.1) is 42.8 Å². The Morgan fingerprint density at radius 3 is 2.66 bits per heavy atom. The van der Waals surface area contributed by atoms with Gasteiger partial charge >= 0.3 is 0 Å². The molecule has 10 nitrogen and oxygen atoms in total. The van der Waals surface area contributed by atoms with Gasteiger partial charge in [0.1, 0.15) is 47.7 Å². The maximum absolute atomic E-state index is 16.3. The van der Waals surface area contributed by atoms with Crippen LogP contribution in [0.25, 0.3) is 43.9 Å². The zero-order chi connectivity index (χ0) is 37.2. The van der Waals surface area contributed by atoms with Crippen LogP contribution in [0.15, 0.2) is 66.1 Å². The summed E-state index contributed by atoms with van der Waals surface area (Å²) in [5, 5.41) is 18.6. The Labute approximate surface area is 305 Å². The number of nitrogens with zero attached hydrogens (tertiary/aromatic N) is 4. The number of hydrogen-bond donors (Lipinski definition) is 2. The number of rotatable bonds is 5. The summed E-state index contributed by atoms with van der Waals surface area (Å²) in [6, 6.07) is 8.54. The Morgan fingerprint density at radius 2 is 1.87 bits per heavy atom. The molecule has 15 heteroatoms. The third-order valence-electron chi connectivity index (χ3n) is 9.08. The van der Waals surface area contributed by atoms with Crippen molar-refractivity contribution in [2.45, 2.75) is 25.9 Å². The molecule has 1 unspecified atom stereocenters. The van der Waals surface area contributed by atoms with E-state index in [0.29, 0.717) is 61.4 Å². The van der Waals surface area contributed by atoms with Crippen LogP contribution < -0.4 is 14.8 Å². The number of halogens is 4. The van der Waals surface area contributed by atoms with Crippen LogP contribution in [0.3, 0.4) is 0 Å². The fourth-order valence-electron chi connectivity index (χ4n) is 6.60. The average molecular weight is 747 g/mol. The summed E-state index contributed by atoms with van der Waals surface area (Å²) in [7, 11) is 1.74. The number of allylic oxidation sites excluding steroid dienone is 1. The lowest BCUT2D eigenvalue weighted by molar-refractivity contribution is -0.129. The van der Waals surface area contributed by atoms with Crippen molar-refractivity contribution in [3.8, 4) is 45.3 Å². The molecule has 0 spiro atoms. The molecule has 2 aliphatic heterocycles. The molecule has 53 heavy (non-hydrogen) atoms. The van der Waals surface area contributed by atoms with E-state index < -0.39 is 30.0 Å². The molecule has 7 rings (SSSR count). The van der Waals surface area contributed by atoms with Crippen LogP contribution in [-0.2, 0) is 16.1 Å². The number of carbonyl (C=O) groups is 1. The first-order chi connectivity index (χ1) is 25.7. The summed E-state index contributed by atoms with van der Waals surface area (Å²) in [6.45, 7) is 2.83. The number of hydrogen-bond acceptors (Lipinski definition) is 9. The van der Waals surface area contributed by atoms with E-state index >= 15 is 4.39 Å². The zero-order valence-electron chi connectivity index (χ0n) is 28.7. The van der Waals surface area contributed by atoms with E-state index in [9.17, 15) is 18.0 Å². The van der Waals surface area contributed by atoms with E-state index in [2.05, 4.69) is 5.32 Å². The van der Waals surface area contributed by atoms with Crippen molar-refractivity contribution in [2.75, 3.05) is 45.3 Å². The number of benzene rings is 2. The van der Waals surface area contributed by atoms with Crippen LogP contribution in [-0.4, -0.2) is 78.2 Å². The highest BCUT2D eigenvalue weighted by molar-refractivity contribution is 7.18. The maximum atomic E-state index is 16.3. The van der Waals surface area contributed by atoms with Gasteiger partial charge in [0.25, 0.3) is 6.43 Å². The minimum Gasteiger partial charge on any atom is -0.490 e. The van der Waals surface area contributed by atoms with Crippen molar-refractivity contribution in [1.29, 1.82) is 5.41 Å². The number of nitrogens with one attached hydrogen (secondary N) is 2. The number of thiophene rings is 1. The predicted molar refractivity (Wildman–Crippen MR) is 195 cm³/mol.